The molecule has 0 fully saturated rings. The van der Waals surface area contributed by atoms with Gasteiger partial charge in [0.25, 0.3) is 0 Å². The fourth-order valence-corrected chi connectivity index (χ4v) is 0.663. The second-order valence-electron chi connectivity index (χ2n) is 2.08. The van der Waals surface area contributed by atoms with E-state index in [4.69, 9.17) is 0 Å². The van der Waals surface area contributed by atoms with Gasteiger partial charge in [-0.05, 0) is 0 Å². The first-order valence-corrected chi connectivity index (χ1v) is 2.83. The minimum atomic E-state index is 0. The predicted molar refractivity (Wildman–Crippen MR) is 47.6 cm³/mol. The van der Waals surface area contributed by atoms with E-state index in [1.807, 2.05) is 0 Å². The van der Waals surface area contributed by atoms with Crippen molar-refractivity contribution in [3.63, 3.8) is 0 Å². The Kier molecular flexibility index (Phi) is 3.79. The Labute approximate surface area is 67.3 Å². The third-order valence-corrected chi connectivity index (χ3v) is 1.43. The number of aryl methyl sites for hydroxylation is 2. The molecule has 1 aromatic heterocycles. The average Bonchev–Trinajstić information content (AvgIpc) is 1.77. The molecule has 1 heterocycles. The van der Waals surface area contributed by atoms with Crippen LogP contribution in [0, 0.1) is 13.8 Å². The van der Waals surface area contributed by atoms with Crippen molar-refractivity contribution in [1.82, 2.24) is 0 Å². The Morgan fingerprint density at radius 2 is 2.00 bits per heavy atom. The normalized spacial score (nSPS) is 7.78. The van der Waals surface area contributed by atoms with E-state index in [2.05, 4.69) is 38.9 Å². The van der Waals surface area contributed by atoms with Crippen molar-refractivity contribution in [2.45, 2.75) is 13.8 Å². The molecule has 0 unspecified atom stereocenters. The van der Waals surface area contributed by atoms with E-state index in [9.17, 15) is 0 Å². The van der Waals surface area contributed by atoms with Gasteiger partial charge in [0, 0.05) is 0 Å². The molecule has 0 saturated heterocycles. The SMILES string of the molecule is Br.Cc1bcccc1C. The first-order chi connectivity index (χ1) is 3.80. The van der Waals surface area contributed by atoms with Crippen LogP contribution in [-0.4, -0.2) is 6.91 Å². The zero-order chi connectivity index (χ0) is 5.98. The second kappa shape index (κ2) is 3.83. The Bertz CT molecular complexity index is 165. The fraction of sp³-hybridized carbons (Fsp3) is 0.286. The Morgan fingerprint density at radius 3 is 2.33 bits per heavy atom. The molecule has 0 amide bonds. The first kappa shape index (κ1) is 8.89. The third-order valence-electron chi connectivity index (χ3n) is 1.43. The standard InChI is InChI=1S/C7H9B.BrH/c1-6-4-3-5-8-7(6)2;/h3-5H,1-2H3;1H. The van der Waals surface area contributed by atoms with Crippen molar-refractivity contribution < 1.29 is 0 Å². The van der Waals surface area contributed by atoms with Crippen molar-refractivity contribution in [3.05, 3.63) is 29.1 Å². The summed E-state index contributed by atoms with van der Waals surface area (Å²) >= 11 is 0. The second-order valence-corrected chi connectivity index (χ2v) is 2.08. The number of hydrogen-bond acceptors (Lipinski definition) is 0. The molecule has 0 saturated carbocycles. The van der Waals surface area contributed by atoms with E-state index in [1.54, 1.807) is 0 Å². The van der Waals surface area contributed by atoms with Gasteiger partial charge < -0.3 is 0 Å². The van der Waals surface area contributed by atoms with Crippen LogP contribution >= 0.6 is 17.0 Å². The van der Waals surface area contributed by atoms with Gasteiger partial charge in [-0.2, -0.15) is 0 Å². The van der Waals surface area contributed by atoms with Crippen molar-refractivity contribution >= 4 is 23.9 Å². The third kappa shape index (κ3) is 2.31. The topological polar surface area (TPSA) is 0 Å². The van der Waals surface area contributed by atoms with Gasteiger partial charge in [-0.1, -0.05) is 0 Å². The van der Waals surface area contributed by atoms with Gasteiger partial charge >= 0.3 is 49.9 Å². The van der Waals surface area contributed by atoms with Gasteiger partial charge in [-0.15, -0.1) is 17.0 Å². The van der Waals surface area contributed by atoms with Crippen molar-refractivity contribution in [2.75, 3.05) is 0 Å². The van der Waals surface area contributed by atoms with Crippen LogP contribution in [0.2, 0.25) is 0 Å². The minimum absolute atomic E-state index is 0. The van der Waals surface area contributed by atoms with Crippen molar-refractivity contribution in [2.24, 2.45) is 0 Å². The van der Waals surface area contributed by atoms with Crippen LogP contribution < -0.4 is 0 Å². The molecule has 0 radical (unpaired) electrons. The Balaban J connectivity index is 0.000000640. The molecule has 0 aromatic carbocycles. The molecule has 1 rings (SSSR count). The molecule has 48 valence electrons. The number of rotatable bonds is 0. The van der Waals surface area contributed by atoms with Crippen LogP contribution in [0.4, 0.5) is 0 Å². The van der Waals surface area contributed by atoms with Gasteiger partial charge in [-0.3, -0.25) is 0 Å². The molecule has 0 bridgehead atoms. The molecule has 0 atom stereocenters. The summed E-state index contributed by atoms with van der Waals surface area (Å²) in [5, 5.41) is 0. The summed E-state index contributed by atoms with van der Waals surface area (Å²) in [5.74, 6) is 2.06. The molecular formula is C7H10BBr. The van der Waals surface area contributed by atoms with Gasteiger partial charge in [0.2, 0.25) is 0 Å². The summed E-state index contributed by atoms with van der Waals surface area (Å²) in [7, 11) is 0. The average molecular weight is 185 g/mol. The van der Waals surface area contributed by atoms with Crippen molar-refractivity contribution in [1.29, 1.82) is 0 Å². The van der Waals surface area contributed by atoms with E-state index in [0.29, 0.717) is 0 Å². The maximum absolute atomic E-state index is 2.12. The van der Waals surface area contributed by atoms with Crippen LogP contribution in [0.1, 0.15) is 11.0 Å². The maximum atomic E-state index is 2.12. The van der Waals surface area contributed by atoms with Crippen LogP contribution in [-0.2, 0) is 0 Å². The molecule has 0 aliphatic carbocycles. The van der Waals surface area contributed by atoms with Crippen LogP contribution in [0.15, 0.2) is 18.1 Å². The summed E-state index contributed by atoms with van der Waals surface area (Å²) in [6.07, 6.45) is 0. The van der Waals surface area contributed by atoms with Gasteiger partial charge in [0.15, 0.2) is 0 Å². The Morgan fingerprint density at radius 1 is 1.33 bits per heavy atom. The van der Waals surface area contributed by atoms with Gasteiger partial charge in [-0.25, -0.2) is 0 Å². The van der Waals surface area contributed by atoms with Crippen LogP contribution in [0.25, 0.3) is 0 Å². The summed E-state index contributed by atoms with van der Waals surface area (Å²) in [6.45, 7) is 6.36. The number of hydrogen-bond donors (Lipinski definition) is 0. The predicted octanol–water partition coefficient (Wildman–Crippen LogP) is 2.22. The monoisotopic (exact) mass is 184 g/mol. The summed E-state index contributed by atoms with van der Waals surface area (Å²) in [4.78, 5) is 0. The molecule has 2 heteroatoms. The molecule has 0 spiro atoms. The summed E-state index contributed by atoms with van der Waals surface area (Å²) in [5.41, 5.74) is 2.74. The summed E-state index contributed by atoms with van der Waals surface area (Å²) in [6, 6.07) is 4.18. The van der Waals surface area contributed by atoms with Crippen LogP contribution in [0.3, 0.4) is 0 Å². The zero-order valence-corrected chi connectivity index (χ0v) is 7.43. The molecule has 0 aliphatic heterocycles. The molecule has 9 heavy (non-hydrogen) atoms. The number of halogens is 1. The van der Waals surface area contributed by atoms with Gasteiger partial charge in [0.1, 0.15) is 0 Å². The quantitative estimate of drug-likeness (QED) is 0.581. The molecule has 0 nitrogen and oxygen atoms in total. The van der Waals surface area contributed by atoms with Crippen molar-refractivity contribution in [3.8, 4) is 0 Å². The molecular weight excluding hydrogens is 175 g/mol. The molecule has 0 aliphatic rings. The molecule has 0 N–H and O–H groups in total. The van der Waals surface area contributed by atoms with E-state index in [0.717, 1.165) is 0 Å². The van der Waals surface area contributed by atoms with E-state index in [-0.39, 0.29) is 17.0 Å². The van der Waals surface area contributed by atoms with Crippen LogP contribution in [0.5, 0.6) is 0 Å². The zero-order valence-electron chi connectivity index (χ0n) is 5.72. The van der Waals surface area contributed by atoms with E-state index in [1.165, 1.54) is 11.0 Å². The van der Waals surface area contributed by atoms with E-state index < -0.39 is 0 Å². The first-order valence-electron chi connectivity index (χ1n) is 2.83. The Hall–Kier alpha value is -0.105. The van der Waals surface area contributed by atoms with E-state index >= 15 is 0 Å². The fourth-order valence-electron chi connectivity index (χ4n) is 0.663. The van der Waals surface area contributed by atoms with Gasteiger partial charge in [0.05, 0.1) is 0 Å². The summed E-state index contributed by atoms with van der Waals surface area (Å²) < 4.78 is 0. The molecule has 1 aromatic rings.